The summed E-state index contributed by atoms with van der Waals surface area (Å²) in [4.78, 5) is 23.6. The van der Waals surface area contributed by atoms with Gasteiger partial charge in [0.25, 0.3) is 0 Å². The first-order chi connectivity index (χ1) is 11.5. The van der Waals surface area contributed by atoms with Gasteiger partial charge in [0.05, 0.1) is 12.6 Å². The van der Waals surface area contributed by atoms with Crippen molar-refractivity contribution in [3.05, 3.63) is 75.8 Å². The van der Waals surface area contributed by atoms with Crippen LogP contribution in [0.1, 0.15) is 15.9 Å². The summed E-state index contributed by atoms with van der Waals surface area (Å²) in [6, 6.07) is 11.1. The number of pyridine rings is 1. The first-order valence-electron chi connectivity index (χ1n) is 7.18. The fourth-order valence-electron chi connectivity index (χ4n) is 2.62. The van der Waals surface area contributed by atoms with Crippen LogP contribution < -0.4 is 10.2 Å². The molecular weight excluding hydrogens is 313 g/mol. The number of nitrogens with zero attached hydrogens (tertiary/aromatic N) is 1. The maximum atomic E-state index is 13.5. The Kier molecular flexibility index (Phi) is 4.04. The maximum absolute atomic E-state index is 13.5. The van der Waals surface area contributed by atoms with Crippen LogP contribution >= 0.6 is 0 Å². The van der Waals surface area contributed by atoms with Crippen LogP contribution in [0, 0.1) is 5.82 Å². The van der Waals surface area contributed by atoms with Crippen molar-refractivity contribution < 1.29 is 19.0 Å². The average molecular weight is 327 g/mol. The van der Waals surface area contributed by atoms with Crippen LogP contribution in [0.4, 0.5) is 4.39 Å². The van der Waals surface area contributed by atoms with Crippen LogP contribution in [-0.4, -0.2) is 22.8 Å². The highest BCUT2D eigenvalue weighted by Gasteiger charge is 2.15. The second-order valence-electron chi connectivity index (χ2n) is 5.32. The monoisotopic (exact) mass is 327 g/mol. The second kappa shape index (κ2) is 6.16. The molecule has 0 aliphatic rings. The van der Waals surface area contributed by atoms with Crippen molar-refractivity contribution >= 4 is 16.9 Å². The molecule has 1 heterocycles. The van der Waals surface area contributed by atoms with Gasteiger partial charge in [0.15, 0.2) is 0 Å². The van der Waals surface area contributed by atoms with Crippen LogP contribution in [0.25, 0.3) is 10.9 Å². The molecule has 1 aromatic heterocycles. The second-order valence-corrected chi connectivity index (χ2v) is 5.32. The Morgan fingerprint density at radius 3 is 2.75 bits per heavy atom. The van der Waals surface area contributed by atoms with E-state index in [0.29, 0.717) is 17.8 Å². The third-order valence-corrected chi connectivity index (χ3v) is 3.76. The minimum atomic E-state index is -1.34. The molecule has 0 unspecified atom stereocenters. The number of carbonyl (C=O) groups is 1. The molecule has 0 saturated carbocycles. The highest BCUT2D eigenvalue weighted by molar-refractivity contribution is 5.92. The highest BCUT2D eigenvalue weighted by Crippen LogP contribution is 2.18. The summed E-state index contributed by atoms with van der Waals surface area (Å²) in [5, 5.41) is 9.28. The number of hydrogen-bond donors (Lipinski definition) is 1. The molecule has 122 valence electrons. The van der Waals surface area contributed by atoms with Crippen molar-refractivity contribution in [3.8, 4) is 5.75 Å². The van der Waals surface area contributed by atoms with Gasteiger partial charge in [-0.25, -0.2) is 9.18 Å². The van der Waals surface area contributed by atoms with Crippen LogP contribution in [-0.2, 0) is 6.54 Å². The zero-order valence-corrected chi connectivity index (χ0v) is 12.8. The Bertz CT molecular complexity index is 994. The summed E-state index contributed by atoms with van der Waals surface area (Å²) < 4.78 is 20.3. The molecule has 5 nitrogen and oxygen atoms in total. The predicted octanol–water partition coefficient (Wildman–Crippen LogP) is 2.90. The zero-order valence-electron chi connectivity index (χ0n) is 12.8. The van der Waals surface area contributed by atoms with Gasteiger partial charge in [-0.1, -0.05) is 12.1 Å². The third kappa shape index (κ3) is 2.86. The molecule has 24 heavy (non-hydrogen) atoms. The standard InChI is InChI=1S/C18H14FNO4/c1-24-13-4-2-3-11(7-13)9-20-10-15(18(22)23)17(21)14-8-12(19)5-6-16(14)20/h2-8,10H,9H2,1H3,(H,22,23). The molecule has 0 spiro atoms. The van der Waals surface area contributed by atoms with Crippen molar-refractivity contribution in [1.82, 2.24) is 4.57 Å². The molecule has 3 rings (SSSR count). The van der Waals surface area contributed by atoms with E-state index in [0.717, 1.165) is 11.6 Å². The lowest BCUT2D eigenvalue weighted by Crippen LogP contribution is -2.19. The normalized spacial score (nSPS) is 10.8. The van der Waals surface area contributed by atoms with Gasteiger partial charge >= 0.3 is 5.97 Å². The largest absolute Gasteiger partial charge is 0.497 e. The number of hydrogen-bond acceptors (Lipinski definition) is 3. The number of benzene rings is 2. The topological polar surface area (TPSA) is 68.5 Å². The number of fused-ring (bicyclic) bond motifs is 1. The molecule has 0 aliphatic heterocycles. The third-order valence-electron chi connectivity index (χ3n) is 3.76. The van der Waals surface area contributed by atoms with E-state index in [1.54, 1.807) is 17.7 Å². The van der Waals surface area contributed by atoms with Crippen LogP contribution in [0.3, 0.4) is 0 Å². The number of carboxylic acids is 1. The molecule has 0 bridgehead atoms. The van der Waals surface area contributed by atoms with E-state index in [1.807, 2.05) is 18.2 Å². The predicted molar refractivity (Wildman–Crippen MR) is 87.2 cm³/mol. The van der Waals surface area contributed by atoms with Gasteiger partial charge in [-0.05, 0) is 35.9 Å². The molecule has 0 amide bonds. The summed E-state index contributed by atoms with van der Waals surface area (Å²) in [5.74, 6) is -1.26. The zero-order chi connectivity index (χ0) is 17.3. The van der Waals surface area contributed by atoms with Gasteiger partial charge in [0.1, 0.15) is 17.1 Å². The molecule has 1 N–H and O–H groups in total. The van der Waals surface area contributed by atoms with Gasteiger partial charge in [-0.15, -0.1) is 0 Å². The maximum Gasteiger partial charge on any atom is 0.341 e. The smallest absolute Gasteiger partial charge is 0.341 e. The van der Waals surface area contributed by atoms with Crippen molar-refractivity contribution in [1.29, 1.82) is 0 Å². The van der Waals surface area contributed by atoms with E-state index in [9.17, 15) is 19.1 Å². The Morgan fingerprint density at radius 2 is 2.04 bits per heavy atom. The van der Waals surface area contributed by atoms with E-state index in [2.05, 4.69) is 0 Å². The number of aromatic carboxylic acids is 1. The van der Waals surface area contributed by atoms with Crippen molar-refractivity contribution in [3.63, 3.8) is 0 Å². The van der Waals surface area contributed by atoms with Crippen LogP contribution in [0.2, 0.25) is 0 Å². The van der Waals surface area contributed by atoms with Crippen LogP contribution in [0.15, 0.2) is 53.5 Å². The summed E-state index contributed by atoms with van der Waals surface area (Å²) in [6.45, 7) is 0.319. The lowest BCUT2D eigenvalue weighted by molar-refractivity contribution is 0.0695. The fourth-order valence-corrected chi connectivity index (χ4v) is 2.62. The fraction of sp³-hybridized carbons (Fsp3) is 0.111. The Balaban J connectivity index is 2.21. The molecule has 0 radical (unpaired) electrons. The number of aromatic nitrogens is 1. The average Bonchev–Trinajstić information content (AvgIpc) is 2.57. The molecule has 0 fully saturated rings. The molecule has 0 aliphatic carbocycles. The minimum Gasteiger partial charge on any atom is -0.497 e. The number of carboxylic acid groups (broad SMARTS) is 1. The van der Waals surface area contributed by atoms with E-state index in [-0.39, 0.29) is 5.39 Å². The van der Waals surface area contributed by atoms with Gasteiger partial charge in [0, 0.05) is 18.1 Å². The summed E-state index contributed by atoms with van der Waals surface area (Å²) >= 11 is 0. The van der Waals surface area contributed by atoms with Gasteiger partial charge in [0.2, 0.25) is 5.43 Å². The van der Waals surface area contributed by atoms with Gasteiger partial charge in [-0.3, -0.25) is 4.79 Å². The summed E-state index contributed by atoms with van der Waals surface area (Å²) in [7, 11) is 1.55. The first kappa shape index (κ1) is 15.7. The number of methoxy groups -OCH3 is 1. The lowest BCUT2D eigenvalue weighted by Gasteiger charge is -2.13. The minimum absolute atomic E-state index is 0.0396. The van der Waals surface area contributed by atoms with E-state index in [4.69, 9.17) is 4.74 Å². The van der Waals surface area contributed by atoms with E-state index in [1.165, 1.54) is 18.3 Å². The Hall–Kier alpha value is -3.15. The molecule has 0 atom stereocenters. The quantitative estimate of drug-likeness (QED) is 0.800. The summed E-state index contributed by atoms with van der Waals surface area (Å²) in [6.07, 6.45) is 1.28. The van der Waals surface area contributed by atoms with Crippen molar-refractivity contribution in [2.24, 2.45) is 0 Å². The van der Waals surface area contributed by atoms with Crippen molar-refractivity contribution in [2.45, 2.75) is 6.54 Å². The van der Waals surface area contributed by atoms with Crippen LogP contribution in [0.5, 0.6) is 5.75 Å². The molecule has 2 aromatic carbocycles. The van der Waals surface area contributed by atoms with E-state index < -0.39 is 22.8 Å². The number of halogens is 1. The first-order valence-corrected chi connectivity index (χ1v) is 7.18. The number of ether oxygens (including phenoxy) is 1. The number of rotatable bonds is 4. The summed E-state index contributed by atoms with van der Waals surface area (Å²) in [5.41, 5.74) is 0.240. The van der Waals surface area contributed by atoms with Crippen molar-refractivity contribution in [2.75, 3.05) is 7.11 Å². The molecule has 3 aromatic rings. The lowest BCUT2D eigenvalue weighted by atomic mass is 10.1. The molecule has 6 heteroatoms. The van der Waals surface area contributed by atoms with Gasteiger partial charge in [-0.2, -0.15) is 0 Å². The Labute approximate surface area is 136 Å². The SMILES string of the molecule is COc1cccc(Cn2cc(C(=O)O)c(=O)c3cc(F)ccc32)c1. The molecular formula is C18H14FNO4. The van der Waals surface area contributed by atoms with Gasteiger partial charge < -0.3 is 14.4 Å². The molecule has 0 saturated heterocycles. The highest BCUT2D eigenvalue weighted by atomic mass is 19.1. The Morgan fingerprint density at radius 1 is 1.25 bits per heavy atom. The van der Waals surface area contributed by atoms with E-state index >= 15 is 0 Å².